The van der Waals surface area contributed by atoms with Crippen molar-refractivity contribution in [2.24, 2.45) is 0 Å². The summed E-state index contributed by atoms with van der Waals surface area (Å²) in [5.41, 5.74) is 0. The van der Waals surface area contributed by atoms with Crippen LogP contribution >= 0.6 is 0 Å². The van der Waals surface area contributed by atoms with Gasteiger partial charge in [-0.25, -0.2) is 0 Å². The molecule has 1 saturated heterocycles. The van der Waals surface area contributed by atoms with Crippen molar-refractivity contribution in [2.45, 2.75) is 25.5 Å². The summed E-state index contributed by atoms with van der Waals surface area (Å²) < 4.78 is 0. The highest BCUT2D eigenvalue weighted by Gasteiger charge is 2.19. The van der Waals surface area contributed by atoms with Gasteiger partial charge >= 0.3 is 0 Å². The third-order valence-corrected chi connectivity index (χ3v) is 1.77. The molecule has 1 atom stereocenters. The van der Waals surface area contributed by atoms with Crippen LogP contribution in [0.1, 0.15) is 19.3 Å². The molecule has 2 heteroatoms. The van der Waals surface area contributed by atoms with Gasteiger partial charge in [0.25, 0.3) is 0 Å². The summed E-state index contributed by atoms with van der Waals surface area (Å²) in [5.74, 6) is 0. The first-order chi connectivity index (χ1) is 4.34. The van der Waals surface area contributed by atoms with Gasteiger partial charge in [-0.3, -0.25) is 4.90 Å². The maximum absolute atomic E-state index is 9.22. The van der Waals surface area contributed by atoms with Crippen molar-refractivity contribution in [3.63, 3.8) is 0 Å². The van der Waals surface area contributed by atoms with E-state index < -0.39 is 0 Å². The van der Waals surface area contributed by atoms with Gasteiger partial charge in [0, 0.05) is 13.1 Å². The molecule has 0 aromatic rings. The smallest absolute Gasteiger partial charge is 0.107 e. The summed E-state index contributed by atoms with van der Waals surface area (Å²) in [5, 5.41) is 9.22. The number of aliphatic hydroxyl groups is 1. The van der Waals surface area contributed by atoms with Crippen LogP contribution in [0.4, 0.5) is 0 Å². The second kappa shape index (κ2) is 3.18. The van der Waals surface area contributed by atoms with Gasteiger partial charge in [0.05, 0.1) is 0 Å². The molecule has 1 unspecified atom stereocenters. The molecule has 0 amide bonds. The molecule has 1 radical (unpaired) electrons. The molecule has 1 N–H and O–H groups in total. The van der Waals surface area contributed by atoms with Crippen LogP contribution in [-0.4, -0.2) is 29.3 Å². The van der Waals surface area contributed by atoms with Crippen LogP contribution in [0, 0.1) is 6.92 Å². The van der Waals surface area contributed by atoms with Crippen LogP contribution in [0.3, 0.4) is 0 Å². The lowest BCUT2D eigenvalue weighted by Crippen LogP contribution is -2.29. The maximum atomic E-state index is 9.22. The van der Waals surface area contributed by atoms with E-state index in [2.05, 4.69) is 11.8 Å². The molecule has 0 aliphatic carbocycles. The molecule has 0 bridgehead atoms. The topological polar surface area (TPSA) is 23.5 Å². The van der Waals surface area contributed by atoms with Crippen molar-refractivity contribution < 1.29 is 5.11 Å². The van der Waals surface area contributed by atoms with Crippen molar-refractivity contribution in [1.29, 1.82) is 0 Å². The Morgan fingerprint density at radius 2 is 2.44 bits per heavy atom. The van der Waals surface area contributed by atoms with Gasteiger partial charge in [-0.2, -0.15) is 0 Å². The largest absolute Gasteiger partial charge is 0.378 e. The van der Waals surface area contributed by atoms with Crippen LogP contribution in [0.15, 0.2) is 0 Å². The van der Waals surface area contributed by atoms with E-state index in [0.717, 1.165) is 32.4 Å². The lowest BCUT2D eigenvalue weighted by Gasteiger charge is -2.17. The third kappa shape index (κ3) is 1.66. The normalized spacial score (nSPS) is 29.3. The van der Waals surface area contributed by atoms with Gasteiger partial charge in [0.2, 0.25) is 0 Å². The molecule has 0 spiro atoms. The summed E-state index contributed by atoms with van der Waals surface area (Å²) in [6.45, 7) is 5.73. The van der Waals surface area contributed by atoms with Crippen molar-refractivity contribution >= 4 is 0 Å². The van der Waals surface area contributed by atoms with E-state index in [0.29, 0.717) is 0 Å². The monoisotopic (exact) mass is 128 g/mol. The van der Waals surface area contributed by atoms with Crippen LogP contribution in [0.25, 0.3) is 0 Å². The zero-order valence-electron chi connectivity index (χ0n) is 5.71. The fourth-order valence-corrected chi connectivity index (χ4v) is 1.27. The Kier molecular flexibility index (Phi) is 2.49. The van der Waals surface area contributed by atoms with Crippen LogP contribution in [-0.2, 0) is 0 Å². The Labute approximate surface area is 56.5 Å². The fourth-order valence-electron chi connectivity index (χ4n) is 1.27. The lowest BCUT2D eigenvalue weighted by atomic mass is 10.4. The van der Waals surface area contributed by atoms with Crippen molar-refractivity contribution in [1.82, 2.24) is 4.90 Å². The molecule has 0 aromatic heterocycles. The van der Waals surface area contributed by atoms with Gasteiger partial charge in [-0.15, -0.1) is 0 Å². The van der Waals surface area contributed by atoms with Crippen LogP contribution in [0.2, 0.25) is 0 Å². The van der Waals surface area contributed by atoms with E-state index in [-0.39, 0.29) is 6.23 Å². The van der Waals surface area contributed by atoms with Crippen molar-refractivity contribution in [3.05, 3.63) is 6.92 Å². The predicted molar refractivity (Wildman–Crippen MR) is 36.8 cm³/mol. The summed E-state index contributed by atoms with van der Waals surface area (Å²) in [6, 6.07) is 0. The average molecular weight is 128 g/mol. The summed E-state index contributed by atoms with van der Waals surface area (Å²) in [6.07, 6.45) is 2.81. The van der Waals surface area contributed by atoms with Gasteiger partial charge in [-0.05, 0) is 19.3 Å². The van der Waals surface area contributed by atoms with E-state index >= 15 is 0 Å². The second-order valence-corrected chi connectivity index (χ2v) is 2.51. The SMILES string of the molecule is [CH2]CCN1CCCC1O. The number of hydrogen-bond acceptors (Lipinski definition) is 2. The molecular formula is C7H14NO. The number of likely N-dealkylation sites (tertiary alicyclic amines) is 1. The van der Waals surface area contributed by atoms with Crippen LogP contribution < -0.4 is 0 Å². The van der Waals surface area contributed by atoms with E-state index in [9.17, 15) is 5.11 Å². The van der Waals surface area contributed by atoms with Gasteiger partial charge in [0.15, 0.2) is 0 Å². The Morgan fingerprint density at radius 3 is 2.89 bits per heavy atom. The quantitative estimate of drug-likeness (QED) is 0.589. The summed E-state index contributed by atoms with van der Waals surface area (Å²) >= 11 is 0. The Hall–Kier alpha value is -0.0800. The molecule has 1 aliphatic heterocycles. The summed E-state index contributed by atoms with van der Waals surface area (Å²) in [4.78, 5) is 2.08. The van der Waals surface area contributed by atoms with Gasteiger partial charge in [0.1, 0.15) is 6.23 Å². The number of nitrogens with zero attached hydrogens (tertiary/aromatic N) is 1. The van der Waals surface area contributed by atoms with E-state index in [1.807, 2.05) is 0 Å². The molecule has 1 aliphatic rings. The fraction of sp³-hybridized carbons (Fsp3) is 0.857. The molecule has 1 fully saturated rings. The standard InChI is InChI=1S/C7H14NO/c1-2-5-8-6-3-4-7(8)9/h7,9H,1-6H2. The highest BCUT2D eigenvalue weighted by Crippen LogP contribution is 2.13. The summed E-state index contributed by atoms with van der Waals surface area (Å²) in [7, 11) is 0. The first-order valence-electron chi connectivity index (χ1n) is 3.56. The average Bonchev–Trinajstić information content (AvgIpc) is 2.18. The molecule has 1 heterocycles. The maximum Gasteiger partial charge on any atom is 0.107 e. The highest BCUT2D eigenvalue weighted by molar-refractivity contribution is 4.70. The van der Waals surface area contributed by atoms with Gasteiger partial charge in [-0.1, -0.05) is 6.92 Å². The predicted octanol–water partition coefficient (Wildman–Crippen LogP) is 0.625. The Balaban J connectivity index is 2.22. The first-order valence-corrected chi connectivity index (χ1v) is 3.56. The van der Waals surface area contributed by atoms with E-state index in [4.69, 9.17) is 0 Å². The molecule has 0 saturated carbocycles. The Bertz CT molecular complexity index is 85.0. The second-order valence-electron chi connectivity index (χ2n) is 2.51. The van der Waals surface area contributed by atoms with Crippen molar-refractivity contribution in [3.8, 4) is 0 Å². The van der Waals surface area contributed by atoms with Crippen LogP contribution in [0.5, 0.6) is 0 Å². The Morgan fingerprint density at radius 1 is 1.67 bits per heavy atom. The first kappa shape index (κ1) is 7.03. The minimum Gasteiger partial charge on any atom is -0.378 e. The molecule has 1 rings (SSSR count). The van der Waals surface area contributed by atoms with E-state index in [1.54, 1.807) is 0 Å². The van der Waals surface area contributed by atoms with Gasteiger partial charge < -0.3 is 5.11 Å². The third-order valence-electron chi connectivity index (χ3n) is 1.77. The molecule has 2 nitrogen and oxygen atoms in total. The molecule has 0 aromatic carbocycles. The number of rotatable bonds is 2. The minimum atomic E-state index is -0.174. The highest BCUT2D eigenvalue weighted by atomic mass is 16.3. The number of hydrogen-bond donors (Lipinski definition) is 1. The molecular weight excluding hydrogens is 114 g/mol. The zero-order chi connectivity index (χ0) is 6.69. The number of aliphatic hydroxyl groups excluding tert-OH is 1. The lowest BCUT2D eigenvalue weighted by molar-refractivity contribution is 0.0395. The molecule has 53 valence electrons. The molecule has 9 heavy (non-hydrogen) atoms. The van der Waals surface area contributed by atoms with Crippen molar-refractivity contribution in [2.75, 3.05) is 13.1 Å². The minimum absolute atomic E-state index is 0.174. The van der Waals surface area contributed by atoms with E-state index in [1.165, 1.54) is 0 Å². The zero-order valence-corrected chi connectivity index (χ0v) is 5.71.